The van der Waals surface area contributed by atoms with Gasteiger partial charge in [0, 0.05) is 20.2 Å². The lowest BCUT2D eigenvalue weighted by Crippen LogP contribution is -2.38. The Morgan fingerprint density at radius 2 is 2.27 bits per heavy atom. The Hall–Kier alpha value is -0.170. The summed E-state index contributed by atoms with van der Waals surface area (Å²) < 4.78 is 30.4. The normalized spacial score (nSPS) is 25.7. The topological polar surface area (TPSA) is 72.6 Å². The van der Waals surface area contributed by atoms with Crippen LogP contribution in [-0.2, 0) is 14.8 Å². The van der Waals surface area contributed by atoms with Gasteiger partial charge in [-0.3, -0.25) is 0 Å². The van der Waals surface area contributed by atoms with Gasteiger partial charge in [-0.1, -0.05) is 0 Å². The minimum absolute atomic E-state index is 0.242. The van der Waals surface area contributed by atoms with E-state index in [0.29, 0.717) is 25.6 Å². The van der Waals surface area contributed by atoms with Crippen molar-refractivity contribution in [1.29, 1.82) is 0 Å². The van der Waals surface area contributed by atoms with Crippen LogP contribution >= 0.6 is 0 Å². The van der Waals surface area contributed by atoms with Crippen LogP contribution in [-0.4, -0.2) is 51.3 Å². The molecule has 1 saturated heterocycles. The maximum Gasteiger partial charge on any atom is 0.218 e. The van der Waals surface area contributed by atoms with Gasteiger partial charge in [-0.25, -0.2) is 12.7 Å². The van der Waals surface area contributed by atoms with Crippen molar-refractivity contribution in [3.63, 3.8) is 0 Å². The van der Waals surface area contributed by atoms with Crippen molar-refractivity contribution >= 4 is 10.0 Å². The van der Waals surface area contributed by atoms with Gasteiger partial charge in [-0.15, -0.1) is 0 Å². The summed E-state index contributed by atoms with van der Waals surface area (Å²) in [6.45, 7) is 3.64. The zero-order valence-corrected chi connectivity index (χ0v) is 10.2. The van der Waals surface area contributed by atoms with Crippen molar-refractivity contribution in [2.24, 2.45) is 11.7 Å². The molecule has 1 aliphatic rings. The molecular weight excluding hydrogens is 216 g/mol. The Morgan fingerprint density at radius 1 is 1.60 bits per heavy atom. The summed E-state index contributed by atoms with van der Waals surface area (Å²) >= 11 is 0. The van der Waals surface area contributed by atoms with E-state index in [4.69, 9.17) is 10.5 Å². The summed E-state index contributed by atoms with van der Waals surface area (Å²) in [4.78, 5) is 0. The zero-order valence-electron chi connectivity index (χ0n) is 9.35. The molecule has 1 aliphatic heterocycles. The summed E-state index contributed by atoms with van der Waals surface area (Å²) in [5.41, 5.74) is 5.53. The van der Waals surface area contributed by atoms with E-state index in [1.807, 2.05) is 0 Å². The third-order valence-corrected chi connectivity index (χ3v) is 5.06. The van der Waals surface area contributed by atoms with Crippen LogP contribution in [0.1, 0.15) is 13.3 Å². The Morgan fingerprint density at radius 3 is 2.73 bits per heavy atom. The molecule has 1 fully saturated rings. The van der Waals surface area contributed by atoms with Crippen LogP contribution in [0.3, 0.4) is 0 Å². The molecule has 1 heterocycles. The van der Waals surface area contributed by atoms with Crippen molar-refractivity contribution in [2.45, 2.75) is 18.6 Å². The highest BCUT2D eigenvalue weighted by atomic mass is 32.2. The van der Waals surface area contributed by atoms with E-state index >= 15 is 0 Å². The largest absolute Gasteiger partial charge is 0.383 e. The molecule has 90 valence electrons. The SMILES string of the molecule is COCC(C)S(=O)(=O)N1CCC(CN)C1. The summed E-state index contributed by atoms with van der Waals surface area (Å²) in [6.07, 6.45) is 0.870. The average Bonchev–Trinajstić information content (AvgIpc) is 2.66. The number of rotatable bonds is 5. The van der Waals surface area contributed by atoms with Crippen LogP contribution in [0.25, 0.3) is 0 Å². The lowest BCUT2D eigenvalue weighted by Gasteiger charge is -2.20. The van der Waals surface area contributed by atoms with Crippen molar-refractivity contribution in [1.82, 2.24) is 4.31 Å². The first-order chi connectivity index (χ1) is 7.02. The van der Waals surface area contributed by atoms with Gasteiger partial charge in [-0.2, -0.15) is 0 Å². The molecule has 0 aromatic rings. The molecule has 0 amide bonds. The standard InChI is InChI=1S/C9H20N2O3S/c1-8(7-14-2)15(12,13)11-4-3-9(5-10)6-11/h8-9H,3-7,10H2,1-2H3. The highest BCUT2D eigenvalue weighted by molar-refractivity contribution is 7.89. The third-order valence-electron chi connectivity index (χ3n) is 2.85. The van der Waals surface area contributed by atoms with E-state index < -0.39 is 15.3 Å². The number of nitrogens with zero attached hydrogens (tertiary/aromatic N) is 1. The van der Waals surface area contributed by atoms with Gasteiger partial charge < -0.3 is 10.5 Å². The Labute approximate surface area is 91.6 Å². The molecule has 0 aromatic heterocycles. The minimum atomic E-state index is -3.19. The Kier molecular flexibility index (Phi) is 4.51. The zero-order chi connectivity index (χ0) is 11.5. The van der Waals surface area contributed by atoms with E-state index in [0.717, 1.165) is 6.42 Å². The number of nitrogens with two attached hydrogens (primary N) is 1. The second kappa shape index (κ2) is 5.25. The molecule has 6 heteroatoms. The fourth-order valence-electron chi connectivity index (χ4n) is 1.80. The van der Waals surface area contributed by atoms with Gasteiger partial charge in [0.25, 0.3) is 0 Å². The highest BCUT2D eigenvalue weighted by Gasteiger charge is 2.34. The molecule has 2 unspecified atom stereocenters. The molecule has 5 nitrogen and oxygen atoms in total. The van der Waals surface area contributed by atoms with E-state index in [1.54, 1.807) is 6.92 Å². The predicted octanol–water partition coefficient (Wildman–Crippen LogP) is -0.368. The first-order valence-electron chi connectivity index (χ1n) is 5.20. The summed E-state index contributed by atoms with van der Waals surface area (Å²) in [6, 6.07) is 0. The number of hydrogen-bond donors (Lipinski definition) is 1. The molecule has 0 bridgehead atoms. The summed E-state index contributed by atoms with van der Waals surface area (Å²) in [7, 11) is -1.68. The Bertz CT molecular complexity index is 292. The average molecular weight is 236 g/mol. The van der Waals surface area contributed by atoms with E-state index in [2.05, 4.69) is 0 Å². The molecule has 2 atom stereocenters. The van der Waals surface area contributed by atoms with Gasteiger partial charge in [-0.05, 0) is 25.8 Å². The third kappa shape index (κ3) is 2.90. The van der Waals surface area contributed by atoms with Crippen molar-refractivity contribution in [3.8, 4) is 0 Å². The molecule has 0 aromatic carbocycles. The lowest BCUT2D eigenvalue weighted by atomic mass is 10.1. The first kappa shape index (κ1) is 12.9. The van der Waals surface area contributed by atoms with Crippen LogP contribution in [0.2, 0.25) is 0 Å². The second-order valence-corrected chi connectivity index (χ2v) is 6.41. The van der Waals surface area contributed by atoms with Crippen LogP contribution in [0.15, 0.2) is 0 Å². The van der Waals surface area contributed by atoms with Gasteiger partial charge in [0.15, 0.2) is 0 Å². The van der Waals surface area contributed by atoms with Gasteiger partial charge in [0.1, 0.15) is 0 Å². The quantitative estimate of drug-likeness (QED) is 0.707. The molecule has 0 saturated carbocycles. The van der Waals surface area contributed by atoms with Crippen molar-refractivity contribution < 1.29 is 13.2 Å². The number of methoxy groups -OCH3 is 1. The predicted molar refractivity (Wildman–Crippen MR) is 59.0 cm³/mol. The Balaban J connectivity index is 2.63. The van der Waals surface area contributed by atoms with Crippen LogP contribution in [0.4, 0.5) is 0 Å². The molecule has 0 radical (unpaired) electrons. The van der Waals surface area contributed by atoms with Crippen molar-refractivity contribution in [3.05, 3.63) is 0 Å². The van der Waals surface area contributed by atoms with Gasteiger partial charge in [0.05, 0.1) is 11.9 Å². The number of hydrogen-bond acceptors (Lipinski definition) is 4. The van der Waals surface area contributed by atoms with Crippen molar-refractivity contribution in [2.75, 3.05) is 33.4 Å². The van der Waals surface area contributed by atoms with Crippen LogP contribution in [0.5, 0.6) is 0 Å². The van der Waals surface area contributed by atoms with E-state index in [-0.39, 0.29) is 6.61 Å². The number of sulfonamides is 1. The monoisotopic (exact) mass is 236 g/mol. The highest BCUT2D eigenvalue weighted by Crippen LogP contribution is 2.21. The number of ether oxygens (including phenoxy) is 1. The first-order valence-corrected chi connectivity index (χ1v) is 6.70. The van der Waals surface area contributed by atoms with E-state index in [9.17, 15) is 8.42 Å². The second-order valence-electron chi connectivity index (χ2n) is 4.06. The van der Waals surface area contributed by atoms with Gasteiger partial charge >= 0.3 is 0 Å². The molecule has 0 aliphatic carbocycles. The summed E-state index contributed by atoms with van der Waals surface area (Å²) in [5.74, 6) is 0.314. The molecule has 0 spiro atoms. The smallest absolute Gasteiger partial charge is 0.218 e. The van der Waals surface area contributed by atoms with E-state index in [1.165, 1.54) is 11.4 Å². The fourth-order valence-corrected chi connectivity index (χ4v) is 3.39. The molecule has 15 heavy (non-hydrogen) atoms. The van der Waals surface area contributed by atoms with Gasteiger partial charge in [0.2, 0.25) is 10.0 Å². The maximum atomic E-state index is 12.0. The fraction of sp³-hybridized carbons (Fsp3) is 1.00. The minimum Gasteiger partial charge on any atom is -0.383 e. The molecule has 2 N–H and O–H groups in total. The molecule has 1 rings (SSSR count). The molecular formula is C9H20N2O3S. The van der Waals surface area contributed by atoms with Crippen LogP contribution in [0, 0.1) is 5.92 Å². The maximum absolute atomic E-state index is 12.0. The van der Waals surface area contributed by atoms with Crippen LogP contribution < -0.4 is 5.73 Å². The summed E-state index contributed by atoms with van der Waals surface area (Å²) in [5, 5.41) is -0.473. The lowest BCUT2D eigenvalue weighted by molar-refractivity contribution is 0.198.